The molecule has 1 aliphatic rings. The summed E-state index contributed by atoms with van der Waals surface area (Å²) in [5, 5.41) is 3.64. The average molecular weight is 256 g/mol. The van der Waals surface area contributed by atoms with Crippen LogP contribution in [0.3, 0.4) is 0 Å². The molecule has 2 unspecified atom stereocenters. The zero-order chi connectivity index (χ0) is 13.2. The number of nitrogens with zero attached hydrogens (tertiary/aromatic N) is 1. The molecule has 0 aromatic carbocycles. The molecular formula is C15H32N2O. The lowest BCUT2D eigenvalue weighted by Crippen LogP contribution is -2.45. The van der Waals surface area contributed by atoms with Crippen LogP contribution in [0.15, 0.2) is 0 Å². The van der Waals surface area contributed by atoms with Gasteiger partial charge in [0, 0.05) is 32.2 Å². The van der Waals surface area contributed by atoms with Crippen LogP contribution < -0.4 is 5.32 Å². The fraction of sp³-hybridized carbons (Fsp3) is 1.00. The number of unbranched alkanes of at least 4 members (excludes halogenated alkanes) is 2. The number of morpholine rings is 1. The summed E-state index contributed by atoms with van der Waals surface area (Å²) in [4.78, 5) is 2.53. The minimum atomic E-state index is 0.459. The Hall–Kier alpha value is -0.120. The Balaban J connectivity index is 2.02. The summed E-state index contributed by atoms with van der Waals surface area (Å²) in [7, 11) is 0. The third-order valence-corrected chi connectivity index (χ3v) is 3.84. The van der Waals surface area contributed by atoms with E-state index in [0.717, 1.165) is 39.2 Å². The van der Waals surface area contributed by atoms with Crippen molar-refractivity contribution in [2.75, 3.05) is 32.8 Å². The van der Waals surface area contributed by atoms with Crippen LogP contribution in [0.25, 0.3) is 0 Å². The molecule has 1 rings (SSSR count). The summed E-state index contributed by atoms with van der Waals surface area (Å²) in [5.41, 5.74) is 0. The predicted octanol–water partition coefficient (Wildman–Crippen LogP) is 2.66. The molecule has 0 aliphatic carbocycles. The lowest BCUT2D eigenvalue weighted by molar-refractivity contribution is -0.0292. The van der Waals surface area contributed by atoms with Crippen molar-refractivity contribution in [1.82, 2.24) is 10.2 Å². The molecule has 0 bridgehead atoms. The first-order valence-corrected chi connectivity index (χ1v) is 7.83. The Morgan fingerprint density at radius 1 is 1.33 bits per heavy atom. The van der Waals surface area contributed by atoms with Crippen LogP contribution in [-0.4, -0.2) is 49.8 Å². The first-order chi connectivity index (χ1) is 8.76. The zero-order valence-electron chi connectivity index (χ0n) is 12.6. The van der Waals surface area contributed by atoms with Crippen molar-refractivity contribution in [3.63, 3.8) is 0 Å². The summed E-state index contributed by atoms with van der Waals surface area (Å²) in [5.74, 6) is 0. The van der Waals surface area contributed by atoms with Gasteiger partial charge in [-0.15, -0.1) is 0 Å². The first-order valence-electron chi connectivity index (χ1n) is 7.83. The van der Waals surface area contributed by atoms with Gasteiger partial charge in [-0.1, -0.05) is 33.1 Å². The fourth-order valence-corrected chi connectivity index (χ4v) is 2.50. The van der Waals surface area contributed by atoms with Gasteiger partial charge in [-0.25, -0.2) is 0 Å². The van der Waals surface area contributed by atoms with E-state index in [1.54, 1.807) is 0 Å². The van der Waals surface area contributed by atoms with E-state index in [-0.39, 0.29) is 0 Å². The van der Waals surface area contributed by atoms with E-state index in [4.69, 9.17) is 4.74 Å². The summed E-state index contributed by atoms with van der Waals surface area (Å²) in [6.07, 6.45) is 6.96. The molecular weight excluding hydrogens is 224 g/mol. The van der Waals surface area contributed by atoms with Gasteiger partial charge < -0.3 is 10.1 Å². The van der Waals surface area contributed by atoms with E-state index in [1.807, 2.05) is 0 Å². The Kier molecular flexibility index (Phi) is 8.64. The molecule has 2 atom stereocenters. The topological polar surface area (TPSA) is 24.5 Å². The highest BCUT2D eigenvalue weighted by molar-refractivity contribution is 4.71. The van der Waals surface area contributed by atoms with Crippen LogP contribution in [0.1, 0.15) is 52.9 Å². The van der Waals surface area contributed by atoms with Crippen LogP contribution in [0.5, 0.6) is 0 Å². The lowest BCUT2D eigenvalue weighted by Gasteiger charge is -2.32. The highest BCUT2D eigenvalue weighted by Gasteiger charge is 2.18. The number of hydrogen-bond donors (Lipinski definition) is 1. The maximum atomic E-state index is 5.69. The molecule has 0 aromatic heterocycles. The number of rotatable bonds is 9. The molecule has 1 heterocycles. The van der Waals surface area contributed by atoms with E-state index in [0.29, 0.717) is 12.1 Å². The maximum absolute atomic E-state index is 5.69. The van der Waals surface area contributed by atoms with Crippen molar-refractivity contribution in [1.29, 1.82) is 0 Å². The molecule has 3 heteroatoms. The Bertz CT molecular complexity index is 199. The van der Waals surface area contributed by atoms with Gasteiger partial charge in [-0.05, 0) is 19.8 Å². The molecule has 108 valence electrons. The van der Waals surface area contributed by atoms with Crippen molar-refractivity contribution < 1.29 is 4.74 Å². The highest BCUT2D eigenvalue weighted by Crippen LogP contribution is 2.07. The fourth-order valence-electron chi connectivity index (χ4n) is 2.50. The van der Waals surface area contributed by atoms with Crippen molar-refractivity contribution in [2.24, 2.45) is 0 Å². The Morgan fingerprint density at radius 3 is 2.89 bits per heavy atom. The Labute approximate surface area is 113 Å². The van der Waals surface area contributed by atoms with Crippen LogP contribution in [0, 0.1) is 0 Å². The molecule has 1 fully saturated rings. The Morgan fingerprint density at radius 2 is 2.17 bits per heavy atom. The smallest absolute Gasteiger partial charge is 0.0700 e. The van der Waals surface area contributed by atoms with Gasteiger partial charge in [0.2, 0.25) is 0 Å². The number of nitrogens with one attached hydrogen (secondary N) is 1. The first kappa shape index (κ1) is 15.9. The van der Waals surface area contributed by atoms with Crippen molar-refractivity contribution in [2.45, 2.75) is 65.0 Å². The minimum Gasteiger partial charge on any atom is -0.376 e. The largest absolute Gasteiger partial charge is 0.376 e. The number of hydrogen-bond acceptors (Lipinski definition) is 3. The molecule has 0 spiro atoms. The second-order valence-corrected chi connectivity index (χ2v) is 5.55. The molecule has 0 amide bonds. The SMILES string of the molecule is CCCCCC(C)NCCN1CCOC(CC)C1. The monoisotopic (exact) mass is 256 g/mol. The zero-order valence-corrected chi connectivity index (χ0v) is 12.6. The van der Waals surface area contributed by atoms with Gasteiger partial charge >= 0.3 is 0 Å². The van der Waals surface area contributed by atoms with Crippen LogP contribution in [0.2, 0.25) is 0 Å². The highest BCUT2D eigenvalue weighted by atomic mass is 16.5. The van der Waals surface area contributed by atoms with Crippen molar-refractivity contribution >= 4 is 0 Å². The second-order valence-electron chi connectivity index (χ2n) is 5.55. The molecule has 1 aliphatic heterocycles. The molecule has 18 heavy (non-hydrogen) atoms. The van der Waals surface area contributed by atoms with Crippen molar-refractivity contribution in [3.05, 3.63) is 0 Å². The predicted molar refractivity (Wildman–Crippen MR) is 78.1 cm³/mol. The maximum Gasteiger partial charge on any atom is 0.0700 e. The van der Waals surface area contributed by atoms with Gasteiger partial charge in [0.25, 0.3) is 0 Å². The molecule has 0 radical (unpaired) electrons. The van der Waals surface area contributed by atoms with E-state index >= 15 is 0 Å². The summed E-state index contributed by atoms with van der Waals surface area (Å²) >= 11 is 0. The van der Waals surface area contributed by atoms with Gasteiger partial charge in [-0.2, -0.15) is 0 Å². The van der Waals surface area contributed by atoms with Crippen LogP contribution in [-0.2, 0) is 4.74 Å². The second kappa shape index (κ2) is 9.76. The van der Waals surface area contributed by atoms with E-state index in [2.05, 4.69) is 31.0 Å². The summed E-state index contributed by atoms with van der Waals surface area (Å²) in [6, 6.07) is 0.666. The molecule has 1 saturated heterocycles. The molecule has 1 N–H and O–H groups in total. The van der Waals surface area contributed by atoms with Gasteiger partial charge in [0.05, 0.1) is 12.7 Å². The summed E-state index contributed by atoms with van der Waals surface area (Å²) < 4.78 is 5.69. The summed E-state index contributed by atoms with van der Waals surface area (Å²) in [6.45, 7) is 12.2. The van der Waals surface area contributed by atoms with Gasteiger partial charge in [-0.3, -0.25) is 4.90 Å². The van der Waals surface area contributed by atoms with Gasteiger partial charge in [0.1, 0.15) is 0 Å². The van der Waals surface area contributed by atoms with Crippen LogP contribution in [0.4, 0.5) is 0 Å². The molecule has 3 nitrogen and oxygen atoms in total. The van der Waals surface area contributed by atoms with E-state index < -0.39 is 0 Å². The lowest BCUT2D eigenvalue weighted by atomic mass is 10.1. The average Bonchev–Trinajstić information content (AvgIpc) is 2.39. The molecule has 0 saturated carbocycles. The molecule has 0 aromatic rings. The van der Waals surface area contributed by atoms with Crippen molar-refractivity contribution in [3.8, 4) is 0 Å². The van der Waals surface area contributed by atoms with E-state index in [9.17, 15) is 0 Å². The minimum absolute atomic E-state index is 0.459. The quantitative estimate of drug-likeness (QED) is 0.642. The van der Waals surface area contributed by atoms with E-state index in [1.165, 1.54) is 25.7 Å². The van der Waals surface area contributed by atoms with Gasteiger partial charge in [0.15, 0.2) is 0 Å². The normalized spacial score (nSPS) is 23.2. The third kappa shape index (κ3) is 6.72. The standard InChI is InChI=1S/C15H32N2O/c1-4-6-7-8-14(3)16-9-10-17-11-12-18-15(5-2)13-17/h14-16H,4-13H2,1-3H3. The number of ether oxygens (including phenoxy) is 1. The van der Waals surface area contributed by atoms with Crippen LogP contribution >= 0.6 is 0 Å². The third-order valence-electron chi connectivity index (χ3n) is 3.84.